The van der Waals surface area contributed by atoms with Crippen LogP contribution in [0.4, 0.5) is 0 Å². The van der Waals surface area contributed by atoms with Gasteiger partial charge in [0, 0.05) is 23.2 Å². The van der Waals surface area contributed by atoms with Gasteiger partial charge in [0.1, 0.15) is 0 Å². The first-order valence-electron chi connectivity index (χ1n) is 6.44. The van der Waals surface area contributed by atoms with Crippen molar-refractivity contribution in [3.05, 3.63) is 46.2 Å². The highest BCUT2D eigenvalue weighted by Gasteiger charge is 2.23. The van der Waals surface area contributed by atoms with Crippen molar-refractivity contribution in [3.63, 3.8) is 0 Å². The highest BCUT2D eigenvalue weighted by Crippen LogP contribution is 2.12. The van der Waals surface area contributed by atoms with E-state index in [9.17, 15) is 9.90 Å². The summed E-state index contributed by atoms with van der Waals surface area (Å²) in [4.78, 5) is 14.8. The fourth-order valence-electron chi connectivity index (χ4n) is 1.79. The van der Waals surface area contributed by atoms with Crippen LogP contribution in [0, 0.1) is 0 Å². The molecule has 19 heavy (non-hydrogen) atoms. The van der Waals surface area contributed by atoms with Crippen LogP contribution in [0.2, 0.25) is 0 Å². The lowest BCUT2D eigenvalue weighted by molar-refractivity contribution is 0.0956. The van der Waals surface area contributed by atoms with Crippen LogP contribution in [-0.4, -0.2) is 21.7 Å². The average Bonchev–Trinajstić information content (AvgIpc) is 2.36. The standard InChI is InChI=1S/C15H20N2O2/c1-10(18)15(2,3)16-9-12-8-11-6-4-5-7-13(11)17-14(12)19/h4-8,10,16,18H,9H2,1-3H3,(H,17,19). The largest absolute Gasteiger partial charge is 0.392 e. The fourth-order valence-corrected chi connectivity index (χ4v) is 1.79. The van der Waals surface area contributed by atoms with Gasteiger partial charge in [-0.2, -0.15) is 0 Å². The molecular formula is C15H20N2O2. The van der Waals surface area contributed by atoms with E-state index in [4.69, 9.17) is 0 Å². The lowest BCUT2D eigenvalue weighted by Crippen LogP contribution is -2.48. The number of benzene rings is 1. The van der Waals surface area contributed by atoms with Gasteiger partial charge >= 0.3 is 0 Å². The van der Waals surface area contributed by atoms with Crippen molar-refractivity contribution in [2.75, 3.05) is 0 Å². The number of aliphatic hydroxyl groups excluding tert-OH is 1. The molecule has 0 amide bonds. The molecule has 1 unspecified atom stereocenters. The molecule has 0 fully saturated rings. The molecule has 0 aliphatic rings. The molecule has 1 aromatic heterocycles. The Balaban J connectivity index is 2.26. The van der Waals surface area contributed by atoms with Crippen LogP contribution < -0.4 is 10.9 Å². The molecule has 3 N–H and O–H groups in total. The van der Waals surface area contributed by atoms with Crippen LogP contribution in [0.15, 0.2) is 35.1 Å². The topological polar surface area (TPSA) is 65.1 Å². The first kappa shape index (κ1) is 13.8. The van der Waals surface area contributed by atoms with Gasteiger partial charge in [0.15, 0.2) is 0 Å². The van der Waals surface area contributed by atoms with Gasteiger partial charge in [0.25, 0.3) is 5.56 Å². The van der Waals surface area contributed by atoms with Gasteiger partial charge in [-0.15, -0.1) is 0 Å². The minimum absolute atomic E-state index is 0.0902. The Bertz CT molecular complexity index is 629. The summed E-state index contributed by atoms with van der Waals surface area (Å²) >= 11 is 0. The zero-order valence-electron chi connectivity index (χ0n) is 11.5. The van der Waals surface area contributed by atoms with Gasteiger partial charge in [-0.1, -0.05) is 18.2 Å². The number of H-pyrrole nitrogens is 1. The van der Waals surface area contributed by atoms with Crippen LogP contribution in [0.1, 0.15) is 26.3 Å². The summed E-state index contributed by atoms with van der Waals surface area (Å²) in [5.41, 5.74) is 0.990. The molecule has 0 radical (unpaired) electrons. The third kappa shape index (κ3) is 3.03. The Morgan fingerprint density at radius 3 is 2.74 bits per heavy atom. The van der Waals surface area contributed by atoms with E-state index in [0.717, 1.165) is 10.9 Å². The van der Waals surface area contributed by atoms with Crippen LogP contribution in [0.25, 0.3) is 10.9 Å². The smallest absolute Gasteiger partial charge is 0.252 e. The van der Waals surface area contributed by atoms with Crippen molar-refractivity contribution in [1.82, 2.24) is 10.3 Å². The minimum Gasteiger partial charge on any atom is -0.392 e. The normalized spacial score (nSPS) is 13.7. The Hall–Kier alpha value is -1.65. The third-order valence-electron chi connectivity index (χ3n) is 3.61. The number of fused-ring (bicyclic) bond motifs is 1. The number of aromatic nitrogens is 1. The average molecular weight is 260 g/mol. The second kappa shape index (κ2) is 5.15. The molecule has 0 saturated carbocycles. The summed E-state index contributed by atoms with van der Waals surface area (Å²) in [6, 6.07) is 9.58. The van der Waals surface area contributed by atoms with Gasteiger partial charge in [0.2, 0.25) is 0 Å². The summed E-state index contributed by atoms with van der Waals surface area (Å²) in [7, 11) is 0. The molecule has 4 heteroatoms. The molecule has 4 nitrogen and oxygen atoms in total. The van der Waals surface area contributed by atoms with Crippen LogP contribution in [-0.2, 0) is 6.54 Å². The molecule has 2 rings (SSSR count). The highest BCUT2D eigenvalue weighted by molar-refractivity contribution is 5.78. The maximum Gasteiger partial charge on any atom is 0.252 e. The number of nitrogens with one attached hydrogen (secondary N) is 2. The number of aromatic amines is 1. The van der Waals surface area contributed by atoms with Gasteiger partial charge in [0.05, 0.1) is 6.10 Å². The summed E-state index contributed by atoms with van der Waals surface area (Å²) in [6.07, 6.45) is -0.493. The number of pyridine rings is 1. The predicted octanol–water partition coefficient (Wildman–Crippen LogP) is 1.78. The molecule has 1 aromatic carbocycles. The summed E-state index contributed by atoms with van der Waals surface area (Å²) in [5.74, 6) is 0. The van der Waals surface area contributed by atoms with Crippen molar-refractivity contribution in [2.45, 2.75) is 39.0 Å². The molecule has 2 aromatic rings. The van der Waals surface area contributed by atoms with Crippen LogP contribution >= 0.6 is 0 Å². The van der Waals surface area contributed by atoms with E-state index >= 15 is 0 Å². The summed E-state index contributed by atoms with van der Waals surface area (Å²) in [5, 5.41) is 13.9. The van der Waals surface area contributed by atoms with Gasteiger partial charge in [-0.3, -0.25) is 4.79 Å². The van der Waals surface area contributed by atoms with Crippen molar-refractivity contribution >= 4 is 10.9 Å². The van der Waals surface area contributed by atoms with Gasteiger partial charge < -0.3 is 15.4 Å². The molecule has 1 heterocycles. The van der Waals surface area contributed by atoms with Crippen molar-refractivity contribution in [1.29, 1.82) is 0 Å². The van der Waals surface area contributed by atoms with Gasteiger partial charge in [-0.05, 0) is 38.3 Å². The number of para-hydroxylation sites is 1. The third-order valence-corrected chi connectivity index (χ3v) is 3.61. The number of hydrogen-bond acceptors (Lipinski definition) is 3. The number of hydrogen-bond donors (Lipinski definition) is 3. The molecule has 0 spiro atoms. The number of aliphatic hydroxyl groups is 1. The zero-order valence-corrected chi connectivity index (χ0v) is 11.5. The predicted molar refractivity (Wildman–Crippen MR) is 77.2 cm³/mol. The lowest BCUT2D eigenvalue weighted by Gasteiger charge is -2.29. The summed E-state index contributed by atoms with van der Waals surface area (Å²) in [6.45, 7) is 5.98. The SMILES string of the molecule is CC(O)C(C)(C)NCc1cc2ccccc2[nH]c1=O. The van der Waals surface area contributed by atoms with Crippen molar-refractivity contribution < 1.29 is 5.11 Å². The van der Waals surface area contributed by atoms with E-state index in [2.05, 4.69) is 10.3 Å². The van der Waals surface area contributed by atoms with E-state index in [0.29, 0.717) is 12.1 Å². The Kier molecular flexibility index (Phi) is 3.73. The lowest BCUT2D eigenvalue weighted by atomic mass is 9.98. The summed E-state index contributed by atoms with van der Waals surface area (Å²) < 4.78 is 0. The van der Waals surface area contributed by atoms with E-state index in [1.54, 1.807) is 6.92 Å². The molecule has 0 aliphatic heterocycles. The van der Waals surface area contributed by atoms with E-state index in [1.807, 2.05) is 44.2 Å². The maximum absolute atomic E-state index is 12.0. The highest BCUT2D eigenvalue weighted by atomic mass is 16.3. The second-order valence-electron chi connectivity index (χ2n) is 5.46. The zero-order chi connectivity index (χ0) is 14.0. The first-order valence-corrected chi connectivity index (χ1v) is 6.44. The first-order chi connectivity index (χ1) is 8.90. The van der Waals surface area contributed by atoms with Crippen molar-refractivity contribution in [3.8, 4) is 0 Å². The molecule has 0 bridgehead atoms. The Morgan fingerprint density at radius 1 is 1.37 bits per heavy atom. The fraction of sp³-hybridized carbons (Fsp3) is 0.400. The van der Waals surface area contributed by atoms with Crippen LogP contribution in [0.5, 0.6) is 0 Å². The quantitative estimate of drug-likeness (QED) is 0.785. The molecule has 102 valence electrons. The molecule has 0 saturated heterocycles. The van der Waals surface area contributed by atoms with E-state index in [-0.39, 0.29) is 5.56 Å². The monoisotopic (exact) mass is 260 g/mol. The molecular weight excluding hydrogens is 240 g/mol. The molecule has 0 aliphatic carbocycles. The van der Waals surface area contributed by atoms with Crippen LogP contribution in [0.3, 0.4) is 0 Å². The minimum atomic E-state index is -0.493. The van der Waals surface area contributed by atoms with Crippen molar-refractivity contribution in [2.24, 2.45) is 0 Å². The molecule has 1 atom stereocenters. The Labute approximate surface area is 112 Å². The Morgan fingerprint density at radius 2 is 2.05 bits per heavy atom. The van der Waals surface area contributed by atoms with E-state index < -0.39 is 11.6 Å². The van der Waals surface area contributed by atoms with Gasteiger partial charge in [-0.25, -0.2) is 0 Å². The number of rotatable bonds is 4. The van der Waals surface area contributed by atoms with E-state index in [1.165, 1.54) is 0 Å². The maximum atomic E-state index is 12.0. The second-order valence-corrected chi connectivity index (χ2v) is 5.46.